The van der Waals surface area contributed by atoms with Gasteiger partial charge in [-0.3, -0.25) is 9.59 Å². The molecule has 2 unspecified atom stereocenters. The molecule has 2 amide bonds. The molecule has 0 N–H and O–H groups in total. The second-order valence-electron chi connectivity index (χ2n) is 7.66. The number of hydrogen-bond donors (Lipinski definition) is 0. The van der Waals surface area contributed by atoms with Crippen LogP contribution < -0.4 is 4.90 Å². The minimum absolute atomic E-state index is 0.00847. The van der Waals surface area contributed by atoms with Gasteiger partial charge in [0.15, 0.2) is 5.76 Å². The van der Waals surface area contributed by atoms with Crippen LogP contribution in [0.2, 0.25) is 0 Å². The van der Waals surface area contributed by atoms with Crippen LogP contribution in [0.1, 0.15) is 56.5 Å². The number of furan rings is 1. The van der Waals surface area contributed by atoms with Crippen LogP contribution in [0.25, 0.3) is 0 Å². The van der Waals surface area contributed by atoms with E-state index in [1.807, 2.05) is 40.1 Å². The first-order chi connectivity index (χ1) is 13.6. The summed E-state index contributed by atoms with van der Waals surface area (Å²) in [7, 11) is 0. The van der Waals surface area contributed by atoms with Crippen molar-refractivity contribution in [1.82, 2.24) is 4.90 Å². The molecule has 28 heavy (non-hydrogen) atoms. The Bertz CT molecular complexity index is 886. The number of amides is 2. The first-order valence-corrected chi connectivity index (χ1v) is 10.0. The molecule has 4 rings (SSSR count). The Morgan fingerprint density at radius 1 is 1.07 bits per heavy atom. The third kappa shape index (κ3) is 3.26. The summed E-state index contributed by atoms with van der Waals surface area (Å²) >= 11 is 0. The van der Waals surface area contributed by atoms with Crippen LogP contribution in [-0.4, -0.2) is 28.8 Å². The Morgan fingerprint density at radius 3 is 2.50 bits per heavy atom. The van der Waals surface area contributed by atoms with Gasteiger partial charge in [0.1, 0.15) is 0 Å². The van der Waals surface area contributed by atoms with Gasteiger partial charge in [-0.15, -0.1) is 0 Å². The lowest BCUT2D eigenvalue weighted by Crippen LogP contribution is -2.52. The molecule has 0 spiro atoms. The maximum atomic E-state index is 13.1. The Morgan fingerprint density at radius 2 is 1.82 bits per heavy atom. The first kappa shape index (κ1) is 18.5. The van der Waals surface area contributed by atoms with Gasteiger partial charge < -0.3 is 14.2 Å². The summed E-state index contributed by atoms with van der Waals surface area (Å²) < 4.78 is 5.38. The zero-order valence-corrected chi connectivity index (χ0v) is 16.4. The molecule has 0 radical (unpaired) electrons. The average Bonchev–Trinajstić information content (AvgIpc) is 3.23. The molecule has 2 aromatic rings. The second-order valence-corrected chi connectivity index (χ2v) is 7.66. The smallest absolute Gasteiger partial charge is 0.293 e. The summed E-state index contributed by atoms with van der Waals surface area (Å²) in [6, 6.07) is 13.3. The molecule has 5 heteroatoms. The van der Waals surface area contributed by atoms with Gasteiger partial charge in [-0.1, -0.05) is 18.2 Å². The molecule has 1 aromatic heterocycles. The molecular weight excluding hydrogens is 352 g/mol. The van der Waals surface area contributed by atoms with E-state index in [0.717, 1.165) is 43.5 Å². The minimum Gasteiger partial charge on any atom is -0.459 e. The topological polar surface area (TPSA) is 53.8 Å². The maximum Gasteiger partial charge on any atom is 0.293 e. The van der Waals surface area contributed by atoms with E-state index in [0.29, 0.717) is 5.76 Å². The van der Waals surface area contributed by atoms with Crippen molar-refractivity contribution in [3.8, 4) is 0 Å². The highest BCUT2D eigenvalue weighted by Crippen LogP contribution is 2.41. The highest BCUT2D eigenvalue weighted by molar-refractivity contribution is 5.95. The molecule has 0 bridgehead atoms. The molecule has 1 aliphatic heterocycles. The summed E-state index contributed by atoms with van der Waals surface area (Å²) in [5.74, 6) is 0.320. The summed E-state index contributed by atoms with van der Waals surface area (Å²) in [5, 5.41) is 0. The number of carbonyl (C=O) groups excluding carboxylic acids is 2. The molecule has 0 saturated carbocycles. The first-order valence-electron chi connectivity index (χ1n) is 10.0. The van der Waals surface area contributed by atoms with E-state index in [-0.39, 0.29) is 23.9 Å². The molecule has 146 valence electrons. The molecule has 5 nitrogen and oxygen atoms in total. The van der Waals surface area contributed by atoms with Crippen molar-refractivity contribution in [3.63, 3.8) is 0 Å². The van der Waals surface area contributed by atoms with Gasteiger partial charge in [0.25, 0.3) is 5.91 Å². The van der Waals surface area contributed by atoms with Crippen LogP contribution in [0.4, 0.5) is 5.69 Å². The van der Waals surface area contributed by atoms with Gasteiger partial charge in [-0.2, -0.15) is 0 Å². The number of rotatable bonds is 3. The number of allylic oxidation sites excluding steroid dienone is 1. The molecule has 2 heterocycles. The number of carbonyl (C=O) groups is 2. The molecule has 1 aromatic carbocycles. The number of para-hydroxylation sites is 1. The highest BCUT2D eigenvalue weighted by Gasteiger charge is 2.40. The van der Waals surface area contributed by atoms with Gasteiger partial charge in [-0.25, -0.2) is 0 Å². The van der Waals surface area contributed by atoms with Crippen molar-refractivity contribution in [3.05, 3.63) is 65.8 Å². The lowest BCUT2D eigenvalue weighted by atomic mass is 9.82. The third-order valence-corrected chi connectivity index (χ3v) is 5.81. The number of benzene rings is 1. The Hall–Kier alpha value is -2.82. The minimum atomic E-state index is -0.0839. The fourth-order valence-electron chi connectivity index (χ4n) is 4.66. The average molecular weight is 378 g/mol. The molecule has 1 aliphatic carbocycles. The molecule has 2 aliphatic rings. The van der Waals surface area contributed by atoms with E-state index in [4.69, 9.17) is 4.42 Å². The predicted octanol–water partition coefficient (Wildman–Crippen LogP) is 4.76. The third-order valence-electron chi connectivity index (χ3n) is 5.81. The van der Waals surface area contributed by atoms with Gasteiger partial charge >= 0.3 is 0 Å². The summed E-state index contributed by atoms with van der Waals surface area (Å²) in [6.07, 6.45) is 6.19. The molecule has 0 saturated heterocycles. The molecule has 0 fully saturated rings. The van der Waals surface area contributed by atoms with E-state index in [9.17, 15) is 9.59 Å². The van der Waals surface area contributed by atoms with Gasteiger partial charge in [-0.05, 0) is 68.9 Å². The van der Waals surface area contributed by atoms with E-state index >= 15 is 0 Å². The second kappa shape index (κ2) is 7.66. The number of hydrogen-bond acceptors (Lipinski definition) is 3. The fourth-order valence-corrected chi connectivity index (χ4v) is 4.66. The van der Waals surface area contributed by atoms with Crippen molar-refractivity contribution in [1.29, 1.82) is 0 Å². The SMILES string of the molecule is CC(=O)N(c1ccccc1)C1CC(C)N(C(=O)c2ccco2)C2=C1CCCC2. The van der Waals surface area contributed by atoms with Crippen LogP contribution in [-0.2, 0) is 4.79 Å². The maximum absolute atomic E-state index is 13.1. The lowest BCUT2D eigenvalue weighted by Gasteiger charge is -2.46. The Kier molecular flexibility index (Phi) is 5.07. The highest BCUT2D eigenvalue weighted by atomic mass is 16.3. The van der Waals surface area contributed by atoms with Crippen LogP contribution in [0.3, 0.4) is 0 Å². The summed E-state index contributed by atoms with van der Waals surface area (Å²) in [4.78, 5) is 29.6. The van der Waals surface area contributed by atoms with Crippen LogP contribution >= 0.6 is 0 Å². The Labute approximate surface area is 165 Å². The standard InChI is InChI=1S/C23H26N2O3/c1-16-15-21(25(17(2)26)18-9-4-3-5-10-18)19-11-6-7-12-20(19)24(16)23(27)22-13-8-14-28-22/h3-5,8-10,13-14,16,21H,6-7,11-12,15H2,1-2H3. The zero-order valence-electron chi connectivity index (χ0n) is 16.4. The Balaban J connectivity index is 1.77. The van der Waals surface area contributed by atoms with Gasteiger partial charge in [0, 0.05) is 24.4 Å². The lowest BCUT2D eigenvalue weighted by molar-refractivity contribution is -0.117. The van der Waals surface area contributed by atoms with Crippen molar-refractivity contribution >= 4 is 17.5 Å². The fraction of sp³-hybridized carbons (Fsp3) is 0.391. The van der Waals surface area contributed by atoms with Crippen molar-refractivity contribution in [2.45, 2.75) is 58.0 Å². The molecular formula is C23H26N2O3. The number of nitrogens with zero attached hydrogens (tertiary/aromatic N) is 2. The summed E-state index contributed by atoms with van der Waals surface area (Å²) in [5.41, 5.74) is 3.22. The van der Waals surface area contributed by atoms with Gasteiger partial charge in [0.05, 0.1) is 12.3 Å². The normalized spacial score (nSPS) is 22.0. The van der Waals surface area contributed by atoms with Crippen LogP contribution in [0.15, 0.2) is 64.4 Å². The largest absolute Gasteiger partial charge is 0.459 e. The van der Waals surface area contributed by atoms with E-state index < -0.39 is 0 Å². The van der Waals surface area contributed by atoms with E-state index in [1.165, 1.54) is 11.8 Å². The van der Waals surface area contributed by atoms with Crippen molar-refractivity contribution in [2.75, 3.05) is 4.90 Å². The van der Waals surface area contributed by atoms with Gasteiger partial charge in [0.2, 0.25) is 5.91 Å². The van der Waals surface area contributed by atoms with Crippen LogP contribution in [0, 0.1) is 0 Å². The monoisotopic (exact) mass is 378 g/mol. The zero-order chi connectivity index (χ0) is 19.7. The predicted molar refractivity (Wildman–Crippen MR) is 108 cm³/mol. The van der Waals surface area contributed by atoms with E-state index in [2.05, 4.69) is 6.92 Å². The van der Waals surface area contributed by atoms with E-state index in [1.54, 1.807) is 19.1 Å². The molecule has 2 atom stereocenters. The van der Waals surface area contributed by atoms with Crippen LogP contribution in [0.5, 0.6) is 0 Å². The quantitative estimate of drug-likeness (QED) is 0.773. The van der Waals surface area contributed by atoms with Crippen molar-refractivity contribution in [2.24, 2.45) is 0 Å². The summed E-state index contributed by atoms with van der Waals surface area (Å²) in [6.45, 7) is 3.69. The van der Waals surface area contributed by atoms with Crippen molar-refractivity contribution < 1.29 is 14.0 Å². The number of anilines is 1.